The first-order valence-corrected chi connectivity index (χ1v) is 5.15. The molecule has 16 heavy (non-hydrogen) atoms. The van der Waals surface area contributed by atoms with Crippen molar-refractivity contribution in [3.05, 3.63) is 17.8 Å². The predicted octanol–water partition coefficient (Wildman–Crippen LogP) is 1.63. The third-order valence-corrected chi connectivity index (χ3v) is 1.94. The minimum Gasteiger partial charge on any atom is -0.444 e. The van der Waals surface area contributed by atoms with Crippen molar-refractivity contribution in [2.75, 3.05) is 5.73 Å². The fraction of sp³-hybridized carbons (Fsp3) is 0.545. The van der Waals surface area contributed by atoms with E-state index < -0.39 is 11.7 Å². The number of aromatic nitrogens is 1. The number of hydrogen-bond donors (Lipinski definition) is 2. The molecule has 0 spiro atoms. The third kappa shape index (κ3) is 3.84. The number of nitrogens with one attached hydrogen (secondary N) is 1. The number of carbonyl (C=O) groups excluding carboxylic acids is 1. The summed E-state index contributed by atoms with van der Waals surface area (Å²) in [6, 6.07) is 1.82. The summed E-state index contributed by atoms with van der Waals surface area (Å²) in [4.78, 5) is 11.4. The minimum absolute atomic E-state index is 0.417. The van der Waals surface area contributed by atoms with Crippen LogP contribution in [0.5, 0.6) is 0 Å². The normalized spacial score (nSPS) is 11.2. The number of carbonyl (C=O) groups is 1. The number of ether oxygens (including phenoxy) is 1. The molecule has 0 aliphatic carbocycles. The van der Waals surface area contributed by atoms with Gasteiger partial charge in [-0.3, -0.25) is 0 Å². The molecule has 1 aromatic heterocycles. The quantitative estimate of drug-likeness (QED) is 0.803. The van der Waals surface area contributed by atoms with Crippen molar-refractivity contribution in [2.24, 2.45) is 7.05 Å². The van der Waals surface area contributed by atoms with Crippen LogP contribution in [0.15, 0.2) is 12.3 Å². The zero-order valence-corrected chi connectivity index (χ0v) is 10.2. The first kappa shape index (κ1) is 12.4. The van der Waals surface area contributed by atoms with Gasteiger partial charge in [0.1, 0.15) is 11.4 Å². The Bertz CT molecular complexity index is 358. The zero-order valence-electron chi connectivity index (χ0n) is 10.2. The van der Waals surface area contributed by atoms with Crippen molar-refractivity contribution in [2.45, 2.75) is 32.9 Å². The Morgan fingerprint density at radius 3 is 2.62 bits per heavy atom. The summed E-state index contributed by atoms with van der Waals surface area (Å²) in [7, 11) is 1.85. The summed E-state index contributed by atoms with van der Waals surface area (Å²) in [5.41, 5.74) is 6.15. The second-order valence-electron chi connectivity index (χ2n) is 4.74. The van der Waals surface area contributed by atoms with Crippen LogP contribution in [-0.2, 0) is 18.3 Å². The fourth-order valence-electron chi connectivity index (χ4n) is 1.24. The number of amides is 1. The van der Waals surface area contributed by atoms with E-state index in [1.54, 1.807) is 4.57 Å². The average Bonchev–Trinajstić information content (AvgIpc) is 2.40. The van der Waals surface area contributed by atoms with Crippen LogP contribution in [0, 0.1) is 0 Å². The van der Waals surface area contributed by atoms with E-state index in [1.165, 1.54) is 0 Å². The lowest BCUT2D eigenvalue weighted by Crippen LogP contribution is -2.32. The SMILES string of the molecule is Cn1cc(CNC(=O)OC(C)(C)C)cc1N. The van der Waals surface area contributed by atoms with Crippen molar-refractivity contribution in [1.29, 1.82) is 0 Å². The van der Waals surface area contributed by atoms with Crippen LogP contribution < -0.4 is 11.1 Å². The number of rotatable bonds is 2. The first-order valence-electron chi connectivity index (χ1n) is 5.15. The molecule has 5 heteroatoms. The van der Waals surface area contributed by atoms with Gasteiger partial charge < -0.3 is 20.4 Å². The standard InChI is InChI=1S/C11H19N3O2/c1-11(2,3)16-10(15)13-6-8-5-9(12)14(4)7-8/h5,7H,6,12H2,1-4H3,(H,13,15). The molecule has 0 aliphatic heterocycles. The largest absolute Gasteiger partial charge is 0.444 e. The molecule has 0 unspecified atom stereocenters. The smallest absolute Gasteiger partial charge is 0.407 e. The van der Waals surface area contributed by atoms with E-state index in [0.29, 0.717) is 12.4 Å². The van der Waals surface area contributed by atoms with Crippen LogP contribution in [0.3, 0.4) is 0 Å². The van der Waals surface area contributed by atoms with Gasteiger partial charge in [0.2, 0.25) is 0 Å². The fourth-order valence-corrected chi connectivity index (χ4v) is 1.24. The van der Waals surface area contributed by atoms with E-state index >= 15 is 0 Å². The summed E-state index contributed by atoms with van der Waals surface area (Å²) in [5, 5.41) is 2.67. The number of aryl methyl sites for hydroxylation is 1. The lowest BCUT2D eigenvalue weighted by atomic mass is 10.2. The molecule has 0 radical (unpaired) electrons. The molecule has 1 heterocycles. The Morgan fingerprint density at radius 2 is 2.19 bits per heavy atom. The molecule has 0 saturated carbocycles. The molecule has 0 fully saturated rings. The molecule has 0 saturated heterocycles. The van der Waals surface area contributed by atoms with Gasteiger partial charge in [-0.2, -0.15) is 0 Å². The Morgan fingerprint density at radius 1 is 1.56 bits per heavy atom. The van der Waals surface area contributed by atoms with E-state index in [1.807, 2.05) is 40.1 Å². The maximum Gasteiger partial charge on any atom is 0.407 e. The van der Waals surface area contributed by atoms with Crippen LogP contribution >= 0.6 is 0 Å². The van der Waals surface area contributed by atoms with Crippen molar-refractivity contribution >= 4 is 11.9 Å². The highest BCUT2D eigenvalue weighted by molar-refractivity contribution is 5.67. The molecular formula is C11H19N3O2. The molecule has 1 aromatic rings. The molecule has 90 valence electrons. The van der Waals surface area contributed by atoms with Crippen LogP contribution in [0.2, 0.25) is 0 Å². The van der Waals surface area contributed by atoms with Crippen molar-refractivity contribution in [3.63, 3.8) is 0 Å². The van der Waals surface area contributed by atoms with E-state index in [9.17, 15) is 4.79 Å². The highest BCUT2D eigenvalue weighted by Gasteiger charge is 2.15. The molecule has 3 N–H and O–H groups in total. The second kappa shape index (κ2) is 4.47. The van der Waals surface area contributed by atoms with Crippen LogP contribution in [0.1, 0.15) is 26.3 Å². The predicted molar refractivity (Wildman–Crippen MR) is 62.9 cm³/mol. The van der Waals surface area contributed by atoms with Crippen LogP contribution in [-0.4, -0.2) is 16.3 Å². The Labute approximate surface area is 95.6 Å². The lowest BCUT2D eigenvalue weighted by molar-refractivity contribution is 0.0523. The number of nitrogens with zero attached hydrogens (tertiary/aromatic N) is 1. The number of nitrogen functional groups attached to an aromatic ring is 1. The summed E-state index contributed by atoms with van der Waals surface area (Å²) in [6.07, 6.45) is 1.45. The average molecular weight is 225 g/mol. The summed E-state index contributed by atoms with van der Waals surface area (Å²) in [6.45, 7) is 5.90. The Kier molecular flexibility index (Phi) is 3.47. The molecule has 1 amide bonds. The lowest BCUT2D eigenvalue weighted by Gasteiger charge is -2.19. The van der Waals surface area contributed by atoms with Gasteiger partial charge in [-0.15, -0.1) is 0 Å². The number of anilines is 1. The van der Waals surface area contributed by atoms with Gasteiger partial charge in [0, 0.05) is 19.8 Å². The van der Waals surface area contributed by atoms with E-state index in [0.717, 1.165) is 5.56 Å². The van der Waals surface area contributed by atoms with Gasteiger partial charge in [-0.25, -0.2) is 4.79 Å². The van der Waals surface area contributed by atoms with E-state index in [-0.39, 0.29) is 0 Å². The molecule has 0 bridgehead atoms. The second-order valence-corrected chi connectivity index (χ2v) is 4.74. The van der Waals surface area contributed by atoms with Crippen molar-refractivity contribution < 1.29 is 9.53 Å². The van der Waals surface area contributed by atoms with Gasteiger partial charge in [0.15, 0.2) is 0 Å². The monoisotopic (exact) mass is 225 g/mol. The molecule has 0 atom stereocenters. The van der Waals surface area contributed by atoms with E-state index in [4.69, 9.17) is 10.5 Å². The van der Waals surface area contributed by atoms with Crippen molar-refractivity contribution in [1.82, 2.24) is 9.88 Å². The Balaban J connectivity index is 2.43. The summed E-state index contributed by atoms with van der Waals surface area (Å²) >= 11 is 0. The van der Waals surface area contributed by atoms with Crippen LogP contribution in [0.25, 0.3) is 0 Å². The molecule has 0 aliphatic rings. The number of hydrogen-bond acceptors (Lipinski definition) is 3. The van der Waals surface area contributed by atoms with Gasteiger partial charge in [0.05, 0.1) is 0 Å². The van der Waals surface area contributed by atoms with Gasteiger partial charge in [0.25, 0.3) is 0 Å². The van der Waals surface area contributed by atoms with Gasteiger partial charge in [-0.05, 0) is 32.4 Å². The maximum absolute atomic E-state index is 11.4. The summed E-state index contributed by atoms with van der Waals surface area (Å²) in [5.74, 6) is 0.668. The molecule has 5 nitrogen and oxygen atoms in total. The van der Waals surface area contributed by atoms with Gasteiger partial charge >= 0.3 is 6.09 Å². The highest BCUT2D eigenvalue weighted by atomic mass is 16.6. The van der Waals surface area contributed by atoms with Gasteiger partial charge in [-0.1, -0.05) is 0 Å². The first-order chi connectivity index (χ1) is 7.28. The summed E-state index contributed by atoms with van der Waals surface area (Å²) < 4.78 is 6.91. The zero-order chi connectivity index (χ0) is 12.3. The number of nitrogens with two attached hydrogens (primary N) is 1. The van der Waals surface area contributed by atoms with Crippen molar-refractivity contribution in [3.8, 4) is 0 Å². The van der Waals surface area contributed by atoms with E-state index in [2.05, 4.69) is 5.32 Å². The number of alkyl carbamates (subject to hydrolysis) is 1. The Hall–Kier alpha value is -1.65. The molecule has 0 aromatic carbocycles. The topological polar surface area (TPSA) is 69.3 Å². The molecular weight excluding hydrogens is 206 g/mol. The van der Waals surface area contributed by atoms with Crippen LogP contribution in [0.4, 0.5) is 10.6 Å². The molecule has 1 rings (SSSR count). The highest BCUT2D eigenvalue weighted by Crippen LogP contribution is 2.09. The minimum atomic E-state index is -0.472. The third-order valence-electron chi connectivity index (χ3n) is 1.94. The maximum atomic E-state index is 11.4.